The van der Waals surface area contributed by atoms with Crippen molar-refractivity contribution in [2.75, 3.05) is 14.2 Å². The van der Waals surface area contributed by atoms with Crippen molar-refractivity contribution < 1.29 is 13.9 Å². The van der Waals surface area contributed by atoms with Gasteiger partial charge in [-0.1, -0.05) is 18.2 Å². The summed E-state index contributed by atoms with van der Waals surface area (Å²) in [6, 6.07) is 13.5. The molecular weight excluding hydrogens is 269 g/mol. The van der Waals surface area contributed by atoms with Crippen molar-refractivity contribution in [3.63, 3.8) is 0 Å². The summed E-state index contributed by atoms with van der Waals surface area (Å²) in [7, 11) is 3.06. The zero-order chi connectivity index (χ0) is 15.2. The molecule has 0 saturated carbocycles. The third-order valence-electron chi connectivity index (χ3n) is 3.02. The maximum Gasteiger partial charge on any atom is 0.161 e. The van der Waals surface area contributed by atoms with Gasteiger partial charge in [0.25, 0.3) is 0 Å². The maximum atomic E-state index is 13.7. The number of methoxy groups -OCH3 is 2. The maximum absolute atomic E-state index is 13.7. The van der Waals surface area contributed by atoms with Crippen LogP contribution in [-0.2, 0) is 0 Å². The van der Waals surface area contributed by atoms with Gasteiger partial charge in [0.2, 0.25) is 0 Å². The van der Waals surface area contributed by atoms with Gasteiger partial charge in [-0.25, -0.2) is 4.39 Å². The second kappa shape index (κ2) is 6.58. The highest BCUT2D eigenvalue weighted by molar-refractivity contribution is 5.90. The molecule has 2 rings (SSSR count). The molecule has 4 heteroatoms. The number of nitriles is 1. The smallest absolute Gasteiger partial charge is 0.161 e. The molecule has 0 aliphatic rings. The van der Waals surface area contributed by atoms with Gasteiger partial charge in [-0.2, -0.15) is 5.26 Å². The van der Waals surface area contributed by atoms with Gasteiger partial charge in [-0.15, -0.1) is 0 Å². The summed E-state index contributed by atoms with van der Waals surface area (Å²) in [5, 5.41) is 9.31. The van der Waals surface area contributed by atoms with Crippen LogP contribution in [0, 0.1) is 17.1 Å². The Balaban J connectivity index is 2.48. The van der Waals surface area contributed by atoms with Crippen LogP contribution in [0.1, 0.15) is 11.1 Å². The van der Waals surface area contributed by atoms with Crippen LogP contribution in [0.3, 0.4) is 0 Å². The van der Waals surface area contributed by atoms with Crippen molar-refractivity contribution in [2.24, 2.45) is 0 Å². The molecule has 0 aliphatic heterocycles. The second-order valence-corrected chi connectivity index (χ2v) is 4.26. The molecule has 0 aromatic heterocycles. The van der Waals surface area contributed by atoms with Crippen molar-refractivity contribution in [3.8, 4) is 17.6 Å². The zero-order valence-corrected chi connectivity index (χ0v) is 11.8. The molecule has 0 spiro atoms. The fourth-order valence-electron chi connectivity index (χ4n) is 1.93. The van der Waals surface area contributed by atoms with E-state index in [1.54, 1.807) is 36.4 Å². The van der Waals surface area contributed by atoms with E-state index in [2.05, 4.69) is 6.07 Å². The van der Waals surface area contributed by atoms with E-state index in [0.717, 1.165) is 0 Å². The van der Waals surface area contributed by atoms with Crippen molar-refractivity contribution in [2.45, 2.75) is 0 Å². The first kappa shape index (κ1) is 14.6. The number of halogens is 1. The Morgan fingerprint density at radius 2 is 1.81 bits per heavy atom. The van der Waals surface area contributed by atoms with Crippen LogP contribution in [-0.4, -0.2) is 14.2 Å². The van der Waals surface area contributed by atoms with E-state index < -0.39 is 0 Å². The van der Waals surface area contributed by atoms with Crippen molar-refractivity contribution >= 4 is 11.6 Å². The summed E-state index contributed by atoms with van der Waals surface area (Å²) >= 11 is 0. The molecule has 0 aliphatic carbocycles. The number of nitrogens with zero attached hydrogens (tertiary/aromatic N) is 1. The summed E-state index contributed by atoms with van der Waals surface area (Å²) in [6.07, 6.45) is 1.51. The van der Waals surface area contributed by atoms with Crippen LogP contribution in [0.5, 0.6) is 11.5 Å². The fraction of sp³-hybridized carbons (Fsp3) is 0.118. The number of allylic oxidation sites excluding steroid dienone is 1. The SMILES string of the molecule is COc1ccc(/C(C#N)=C\c2ccccc2F)cc1OC. The highest BCUT2D eigenvalue weighted by Crippen LogP contribution is 2.31. The molecule has 3 nitrogen and oxygen atoms in total. The molecule has 0 heterocycles. The van der Waals surface area contributed by atoms with E-state index in [4.69, 9.17) is 9.47 Å². The van der Waals surface area contributed by atoms with Crippen molar-refractivity contribution in [1.29, 1.82) is 5.26 Å². The van der Waals surface area contributed by atoms with Crippen LogP contribution in [0.15, 0.2) is 42.5 Å². The number of hydrogen-bond acceptors (Lipinski definition) is 3. The second-order valence-electron chi connectivity index (χ2n) is 4.26. The lowest BCUT2D eigenvalue weighted by Crippen LogP contribution is -1.92. The minimum absolute atomic E-state index is 0.348. The van der Waals surface area contributed by atoms with E-state index in [-0.39, 0.29) is 5.82 Å². The van der Waals surface area contributed by atoms with Crippen molar-refractivity contribution in [1.82, 2.24) is 0 Å². The van der Waals surface area contributed by atoms with Crippen LogP contribution in [0.25, 0.3) is 11.6 Å². The van der Waals surface area contributed by atoms with E-state index in [9.17, 15) is 9.65 Å². The molecule has 2 aromatic rings. The van der Waals surface area contributed by atoms with Gasteiger partial charge in [-0.3, -0.25) is 0 Å². The minimum atomic E-state index is -0.370. The zero-order valence-electron chi connectivity index (χ0n) is 11.8. The molecule has 0 amide bonds. The summed E-state index contributed by atoms with van der Waals surface area (Å²) in [4.78, 5) is 0. The average Bonchev–Trinajstić information content (AvgIpc) is 2.53. The quantitative estimate of drug-likeness (QED) is 0.631. The Hall–Kier alpha value is -2.80. The molecule has 21 heavy (non-hydrogen) atoms. The van der Waals surface area contributed by atoms with Crippen LogP contribution >= 0.6 is 0 Å². The molecule has 0 atom stereocenters. The molecule has 0 fully saturated rings. The molecule has 0 bridgehead atoms. The van der Waals surface area contributed by atoms with E-state index >= 15 is 0 Å². The van der Waals surface area contributed by atoms with Gasteiger partial charge < -0.3 is 9.47 Å². The van der Waals surface area contributed by atoms with Gasteiger partial charge in [0, 0.05) is 5.56 Å². The first-order valence-electron chi connectivity index (χ1n) is 6.28. The van der Waals surface area contributed by atoms with E-state index in [1.165, 1.54) is 26.4 Å². The number of ether oxygens (including phenoxy) is 2. The standard InChI is InChI=1S/C17H14FNO2/c1-20-16-8-7-12(10-17(16)21-2)14(11-19)9-13-5-3-4-6-15(13)18/h3-10H,1-2H3/b14-9-. The normalized spacial score (nSPS) is 10.9. The lowest BCUT2D eigenvalue weighted by Gasteiger charge is -2.09. The van der Waals surface area contributed by atoms with Gasteiger partial charge in [0.1, 0.15) is 5.82 Å². The first-order valence-corrected chi connectivity index (χ1v) is 6.28. The summed E-state index contributed by atoms with van der Waals surface area (Å²) < 4.78 is 24.0. The highest BCUT2D eigenvalue weighted by Gasteiger charge is 2.09. The Morgan fingerprint density at radius 3 is 2.43 bits per heavy atom. The number of rotatable bonds is 4. The lowest BCUT2D eigenvalue weighted by molar-refractivity contribution is 0.355. The first-order chi connectivity index (χ1) is 10.2. The molecule has 2 aromatic carbocycles. The summed E-state index contributed by atoms with van der Waals surface area (Å²) in [5.41, 5.74) is 1.35. The van der Waals surface area contributed by atoms with E-state index in [1.807, 2.05) is 0 Å². The van der Waals surface area contributed by atoms with Gasteiger partial charge >= 0.3 is 0 Å². The predicted molar refractivity (Wildman–Crippen MR) is 79.4 cm³/mol. The molecule has 106 valence electrons. The van der Waals surface area contributed by atoms with E-state index in [0.29, 0.717) is 28.2 Å². The fourth-order valence-corrected chi connectivity index (χ4v) is 1.93. The van der Waals surface area contributed by atoms with Crippen molar-refractivity contribution in [3.05, 3.63) is 59.4 Å². The monoisotopic (exact) mass is 283 g/mol. The minimum Gasteiger partial charge on any atom is -0.493 e. The Kier molecular flexibility index (Phi) is 4.57. The number of benzene rings is 2. The molecule has 0 N–H and O–H groups in total. The average molecular weight is 283 g/mol. The molecule has 0 radical (unpaired) electrons. The van der Waals surface area contributed by atoms with Crippen LogP contribution in [0.4, 0.5) is 4.39 Å². The molecule has 0 saturated heterocycles. The summed E-state index contributed by atoms with van der Waals surface area (Å²) in [5.74, 6) is 0.722. The summed E-state index contributed by atoms with van der Waals surface area (Å²) in [6.45, 7) is 0. The Morgan fingerprint density at radius 1 is 1.10 bits per heavy atom. The van der Waals surface area contributed by atoms with Crippen LogP contribution in [0.2, 0.25) is 0 Å². The van der Waals surface area contributed by atoms with Gasteiger partial charge in [0.15, 0.2) is 11.5 Å². The predicted octanol–water partition coefficient (Wildman–Crippen LogP) is 3.91. The lowest BCUT2D eigenvalue weighted by atomic mass is 10.0. The Bertz CT molecular complexity index is 717. The third-order valence-corrected chi connectivity index (χ3v) is 3.02. The number of hydrogen-bond donors (Lipinski definition) is 0. The third kappa shape index (κ3) is 3.21. The largest absolute Gasteiger partial charge is 0.493 e. The topological polar surface area (TPSA) is 42.2 Å². The Labute approximate surface area is 122 Å². The molecule has 0 unspecified atom stereocenters. The van der Waals surface area contributed by atoms with Crippen LogP contribution < -0.4 is 9.47 Å². The van der Waals surface area contributed by atoms with Gasteiger partial charge in [0.05, 0.1) is 25.9 Å². The highest BCUT2D eigenvalue weighted by atomic mass is 19.1. The van der Waals surface area contributed by atoms with Gasteiger partial charge in [-0.05, 0) is 35.9 Å². The molecular formula is C17H14FNO2.